The van der Waals surface area contributed by atoms with E-state index in [2.05, 4.69) is 38.2 Å². The predicted octanol–water partition coefficient (Wildman–Crippen LogP) is 3.53. The van der Waals surface area contributed by atoms with Gasteiger partial charge in [-0.25, -0.2) is 0 Å². The predicted molar refractivity (Wildman–Crippen MR) is 88.9 cm³/mol. The average molecular weight is 304 g/mol. The van der Waals surface area contributed by atoms with E-state index >= 15 is 0 Å². The van der Waals surface area contributed by atoms with Crippen LogP contribution in [0.2, 0.25) is 0 Å². The number of ether oxygens (including phenoxy) is 1. The van der Waals surface area contributed by atoms with E-state index in [0.717, 1.165) is 41.7 Å². The van der Waals surface area contributed by atoms with Gasteiger partial charge in [0.05, 0.1) is 6.04 Å². The van der Waals surface area contributed by atoms with E-state index in [0.29, 0.717) is 0 Å². The summed E-state index contributed by atoms with van der Waals surface area (Å²) in [4.78, 5) is 11.6. The van der Waals surface area contributed by atoms with Gasteiger partial charge in [-0.15, -0.1) is 0 Å². The number of fused-ring (bicyclic) bond motifs is 1. The van der Waals surface area contributed by atoms with Gasteiger partial charge in [0, 0.05) is 24.9 Å². The van der Waals surface area contributed by atoms with Crippen LogP contribution < -0.4 is 15.8 Å². The van der Waals surface area contributed by atoms with Gasteiger partial charge in [0.2, 0.25) is 5.91 Å². The summed E-state index contributed by atoms with van der Waals surface area (Å²) in [5, 5.41) is 3.09. The van der Waals surface area contributed by atoms with Crippen LogP contribution in [0.25, 0.3) is 0 Å². The zero-order chi connectivity index (χ0) is 16.5. The van der Waals surface area contributed by atoms with E-state index in [1.807, 2.05) is 6.92 Å². The van der Waals surface area contributed by atoms with Crippen molar-refractivity contribution in [3.63, 3.8) is 0 Å². The maximum absolute atomic E-state index is 11.6. The monoisotopic (exact) mass is 304 g/mol. The van der Waals surface area contributed by atoms with Crippen LogP contribution in [-0.2, 0) is 4.79 Å². The molecule has 0 spiro atoms. The first-order valence-corrected chi connectivity index (χ1v) is 8.18. The summed E-state index contributed by atoms with van der Waals surface area (Å²) in [5.41, 5.74) is 9.06. The highest BCUT2D eigenvalue weighted by molar-refractivity contribution is 5.73. The smallest absolute Gasteiger partial charge is 0.217 e. The van der Waals surface area contributed by atoms with Gasteiger partial charge in [-0.05, 0) is 43.9 Å². The van der Waals surface area contributed by atoms with Crippen molar-refractivity contribution in [3.05, 3.63) is 28.8 Å². The zero-order valence-electron chi connectivity index (χ0n) is 14.3. The first kappa shape index (κ1) is 16.8. The summed E-state index contributed by atoms with van der Waals surface area (Å²) in [6, 6.07) is 4.13. The molecule has 2 unspecified atom stereocenters. The Labute approximate surface area is 133 Å². The number of nitrogens with two attached hydrogens (primary N) is 1. The lowest BCUT2D eigenvalue weighted by molar-refractivity contribution is -0.120. The van der Waals surface area contributed by atoms with Crippen LogP contribution in [0.15, 0.2) is 12.1 Å². The molecule has 2 atom stereocenters. The fourth-order valence-electron chi connectivity index (χ4n) is 3.29. The lowest BCUT2D eigenvalue weighted by Crippen LogP contribution is -2.44. The van der Waals surface area contributed by atoms with Gasteiger partial charge in [0.25, 0.3) is 0 Å². The van der Waals surface area contributed by atoms with Crippen LogP contribution in [0, 0.1) is 6.92 Å². The van der Waals surface area contributed by atoms with Crippen molar-refractivity contribution < 1.29 is 9.53 Å². The third-order valence-corrected chi connectivity index (χ3v) is 4.79. The molecule has 0 saturated carbocycles. The van der Waals surface area contributed by atoms with Crippen LogP contribution in [0.1, 0.15) is 75.7 Å². The van der Waals surface area contributed by atoms with Crippen molar-refractivity contribution in [3.8, 4) is 5.75 Å². The Morgan fingerprint density at radius 2 is 2.09 bits per heavy atom. The zero-order valence-corrected chi connectivity index (χ0v) is 14.3. The highest BCUT2D eigenvalue weighted by atomic mass is 16.5. The summed E-state index contributed by atoms with van der Waals surface area (Å²) in [7, 11) is 0. The van der Waals surface area contributed by atoms with Gasteiger partial charge in [0.1, 0.15) is 11.4 Å². The Morgan fingerprint density at radius 1 is 1.45 bits per heavy atom. The number of hydrogen-bond donors (Lipinski definition) is 2. The Kier molecular flexibility index (Phi) is 4.81. The maximum Gasteiger partial charge on any atom is 0.217 e. The highest BCUT2D eigenvalue weighted by Gasteiger charge is 2.39. The molecule has 1 amide bonds. The fourth-order valence-corrected chi connectivity index (χ4v) is 3.29. The SMILES string of the molecule is CCC1(CC)CC(NC(C)=O)c2cc(C(C)N)cc(C)c2O1. The maximum atomic E-state index is 11.6. The number of carbonyl (C=O) groups excluding carboxylic acids is 1. The van der Waals surface area contributed by atoms with Gasteiger partial charge in [-0.2, -0.15) is 0 Å². The number of amides is 1. The second kappa shape index (κ2) is 6.29. The molecule has 1 aromatic rings. The molecule has 3 N–H and O–H groups in total. The first-order chi connectivity index (χ1) is 10.3. The summed E-state index contributed by atoms with van der Waals surface area (Å²) < 4.78 is 6.40. The van der Waals surface area contributed by atoms with Gasteiger partial charge in [0.15, 0.2) is 0 Å². The van der Waals surface area contributed by atoms with Crippen molar-refractivity contribution in [1.29, 1.82) is 0 Å². The molecule has 2 rings (SSSR count). The summed E-state index contributed by atoms with van der Waals surface area (Å²) in [5.74, 6) is 0.904. The molecule has 0 saturated heterocycles. The van der Waals surface area contributed by atoms with E-state index in [-0.39, 0.29) is 23.6 Å². The molecule has 0 aliphatic carbocycles. The average Bonchev–Trinajstić information content (AvgIpc) is 2.46. The molecule has 1 heterocycles. The topological polar surface area (TPSA) is 64.4 Å². The van der Waals surface area contributed by atoms with E-state index in [1.54, 1.807) is 6.92 Å². The van der Waals surface area contributed by atoms with Crippen molar-refractivity contribution >= 4 is 5.91 Å². The molecule has 0 aromatic heterocycles. The first-order valence-electron chi connectivity index (χ1n) is 8.18. The summed E-state index contributed by atoms with van der Waals surface area (Å²) in [6.45, 7) is 9.88. The van der Waals surface area contributed by atoms with Crippen LogP contribution in [0.5, 0.6) is 5.75 Å². The minimum Gasteiger partial charge on any atom is -0.487 e. The number of carbonyl (C=O) groups is 1. The molecule has 22 heavy (non-hydrogen) atoms. The van der Waals surface area contributed by atoms with Crippen LogP contribution in [0.3, 0.4) is 0 Å². The fraction of sp³-hybridized carbons (Fsp3) is 0.611. The minimum absolute atomic E-state index is 0.0113. The van der Waals surface area contributed by atoms with Crippen molar-refractivity contribution in [2.75, 3.05) is 0 Å². The normalized spacial score (nSPS) is 20.7. The van der Waals surface area contributed by atoms with Crippen molar-refractivity contribution in [1.82, 2.24) is 5.32 Å². The molecule has 0 fully saturated rings. The molecule has 4 heteroatoms. The number of rotatable bonds is 4. The van der Waals surface area contributed by atoms with Crippen molar-refractivity contribution in [2.45, 2.75) is 71.6 Å². The standard InChI is InChI=1S/C18H28N2O2/c1-6-18(7-2)10-16(20-13(5)21)15-9-14(12(4)19)8-11(3)17(15)22-18/h8-9,12,16H,6-7,10,19H2,1-5H3,(H,20,21). The van der Waals surface area contributed by atoms with E-state index in [1.165, 1.54) is 0 Å². The third-order valence-electron chi connectivity index (χ3n) is 4.79. The molecule has 4 nitrogen and oxygen atoms in total. The van der Waals surface area contributed by atoms with Crippen LogP contribution in [0.4, 0.5) is 0 Å². The van der Waals surface area contributed by atoms with Crippen molar-refractivity contribution in [2.24, 2.45) is 5.73 Å². The number of nitrogens with one attached hydrogen (secondary N) is 1. The summed E-state index contributed by atoms with van der Waals surface area (Å²) >= 11 is 0. The highest BCUT2D eigenvalue weighted by Crippen LogP contribution is 2.45. The summed E-state index contributed by atoms with van der Waals surface area (Å²) in [6.07, 6.45) is 2.65. The molecule has 122 valence electrons. The Bertz CT molecular complexity index is 562. The Balaban J connectivity index is 2.55. The van der Waals surface area contributed by atoms with Gasteiger partial charge >= 0.3 is 0 Å². The van der Waals surface area contributed by atoms with Gasteiger partial charge in [-0.1, -0.05) is 19.9 Å². The number of aryl methyl sites for hydroxylation is 1. The lowest BCUT2D eigenvalue weighted by Gasteiger charge is -2.42. The Morgan fingerprint density at radius 3 is 2.59 bits per heavy atom. The number of hydrogen-bond acceptors (Lipinski definition) is 3. The van der Waals surface area contributed by atoms with Gasteiger partial charge < -0.3 is 15.8 Å². The molecule has 1 aromatic carbocycles. The van der Waals surface area contributed by atoms with E-state index in [4.69, 9.17) is 10.5 Å². The van der Waals surface area contributed by atoms with E-state index < -0.39 is 0 Å². The molecule has 0 radical (unpaired) electrons. The molecular formula is C18H28N2O2. The second-order valence-corrected chi connectivity index (χ2v) is 6.49. The molecule has 1 aliphatic heterocycles. The van der Waals surface area contributed by atoms with Crippen LogP contribution >= 0.6 is 0 Å². The number of benzene rings is 1. The van der Waals surface area contributed by atoms with Gasteiger partial charge in [-0.3, -0.25) is 4.79 Å². The second-order valence-electron chi connectivity index (χ2n) is 6.49. The third kappa shape index (κ3) is 3.12. The quantitative estimate of drug-likeness (QED) is 0.894. The minimum atomic E-state index is -0.208. The molecule has 0 bridgehead atoms. The molecule has 1 aliphatic rings. The Hall–Kier alpha value is -1.55. The lowest BCUT2D eigenvalue weighted by atomic mass is 9.82. The van der Waals surface area contributed by atoms with E-state index in [9.17, 15) is 4.79 Å². The molecular weight excluding hydrogens is 276 g/mol. The largest absolute Gasteiger partial charge is 0.487 e. The van der Waals surface area contributed by atoms with Crippen LogP contribution in [-0.4, -0.2) is 11.5 Å².